The van der Waals surface area contributed by atoms with E-state index in [4.69, 9.17) is 15.3 Å². The lowest BCUT2D eigenvalue weighted by molar-refractivity contribution is -0.136. The average molecular weight is 437 g/mol. The fourth-order valence-electron chi connectivity index (χ4n) is 3.57. The normalized spacial score (nSPS) is 18.3. The Morgan fingerprint density at radius 2 is 2.06 bits per heavy atom. The summed E-state index contributed by atoms with van der Waals surface area (Å²) in [5.74, 6) is -1.77. The van der Waals surface area contributed by atoms with Crippen molar-refractivity contribution >= 4 is 29.5 Å². The summed E-state index contributed by atoms with van der Waals surface area (Å²) in [5.41, 5.74) is 7.47. The van der Waals surface area contributed by atoms with Crippen LogP contribution in [-0.4, -0.2) is 52.6 Å². The number of carbonyl (C=O) groups is 4. The second-order valence-electron chi connectivity index (χ2n) is 7.19. The van der Waals surface area contributed by atoms with Gasteiger partial charge >= 0.3 is 5.97 Å². The molecule has 3 amide bonds. The number of aromatic nitrogens is 1. The van der Waals surface area contributed by atoms with E-state index in [2.05, 4.69) is 15.5 Å². The Kier molecular flexibility index (Phi) is 5.54. The molecule has 4 rings (SSSR count). The van der Waals surface area contributed by atoms with Gasteiger partial charge in [0.15, 0.2) is 11.5 Å². The number of benzene rings is 1. The number of methoxy groups -OCH3 is 1. The number of amides is 3. The highest BCUT2D eigenvalue weighted by atomic mass is 16.7. The van der Waals surface area contributed by atoms with Gasteiger partial charge in [0.25, 0.3) is 5.91 Å². The van der Waals surface area contributed by atoms with Crippen LogP contribution in [0.15, 0.2) is 41.6 Å². The number of nitrogens with two attached hydrogens (primary N) is 1. The summed E-state index contributed by atoms with van der Waals surface area (Å²) in [4.78, 5) is 58.7. The molecule has 3 heterocycles. The quantitative estimate of drug-likeness (QED) is 0.223. The lowest BCUT2D eigenvalue weighted by atomic mass is 10.0. The van der Waals surface area contributed by atoms with E-state index in [0.717, 1.165) is 0 Å². The van der Waals surface area contributed by atoms with Gasteiger partial charge in [0.05, 0.1) is 7.11 Å². The molecule has 0 spiro atoms. The molecule has 1 aromatic carbocycles. The SMILES string of the molecule is COc1cccc(C(=O)O/N=C(\N)c2ccc3c(c2)CN(C2CCC(=O)NC2=O)C3=O)n1. The summed E-state index contributed by atoms with van der Waals surface area (Å²) in [7, 11) is 1.42. The van der Waals surface area contributed by atoms with Crippen molar-refractivity contribution < 1.29 is 28.8 Å². The van der Waals surface area contributed by atoms with Crippen LogP contribution in [-0.2, 0) is 21.0 Å². The van der Waals surface area contributed by atoms with Crippen molar-refractivity contribution in [2.24, 2.45) is 10.9 Å². The lowest BCUT2D eigenvalue weighted by Crippen LogP contribution is -2.52. The molecule has 0 radical (unpaired) electrons. The van der Waals surface area contributed by atoms with Gasteiger partial charge in [-0.3, -0.25) is 19.7 Å². The summed E-state index contributed by atoms with van der Waals surface area (Å²) in [6, 6.07) is 8.70. The van der Waals surface area contributed by atoms with E-state index in [-0.39, 0.29) is 48.6 Å². The summed E-state index contributed by atoms with van der Waals surface area (Å²) >= 11 is 0. The highest BCUT2D eigenvalue weighted by molar-refractivity contribution is 6.06. The summed E-state index contributed by atoms with van der Waals surface area (Å²) in [6.45, 7) is 0.190. The van der Waals surface area contributed by atoms with Crippen LogP contribution in [0.3, 0.4) is 0 Å². The zero-order chi connectivity index (χ0) is 22.8. The largest absolute Gasteiger partial charge is 0.481 e. The number of rotatable bonds is 5. The average Bonchev–Trinajstić information content (AvgIpc) is 3.12. The number of carbonyl (C=O) groups excluding carboxylic acids is 4. The molecule has 0 bridgehead atoms. The van der Waals surface area contributed by atoms with E-state index in [1.165, 1.54) is 18.1 Å². The maximum atomic E-state index is 12.7. The second kappa shape index (κ2) is 8.46. The molecule has 1 fully saturated rings. The van der Waals surface area contributed by atoms with Gasteiger partial charge in [-0.1, -0.05) is 17.3 Å². The molecule has 1 saturated heterocycles. The third-order valence-electron chi connectivity index (χ3n) is 5.19. The van der Waals surface area contributed by atoms with Crippen LogP contribution in [0.5, 0.6) is 5.88 Å². The second-order valence-corrected chi connectivity index (χ2v) is 7.19. The van der Waals surface area contributed by atoms with Crippen molar-refractivity contribution in [1.82, 2.24) is 15.2 Å². The van der Waals surface area contributed by atoms with Crippen molar-refractivity contribution in [3.63, 3.8) is 0 Å². The number of hydrogen-bond acceptors (Lipinski definition) is 8. The minimum atomic E-state index is -0.813. The standard InChI is InChI=1S/C21H19N5O6/c1-31-17-4-2-3-14(23-17)21(30)32-25-18(22)11-5-6-13-12(9-11)10-26(20(13)29)15-7-8-16(27)24-19(15)28/h2-6,9,15H,7-8,10H2,1H3,(H2,22,25)(H,24,27,28). The molecule has 11 nitrogen and oxygen atoms in total. The molecule has 32 heavy (non-hydrogen) atoms. The third kappa shape index (κ3) is 4.00. The Balaban J connectivity index is 1.48. The number of piperidine rings is 1. The third-order valence-corrected chi connectivity index (χ3v) is 5.19. The molecule has 164 valence electrons. The van der Waals surface area contributed by atoms with E-state index >= 15 is 0 Å². The van der Waals surface area contributed by atoms with Crippen molar-refractivity contribution in [3.8, 4) is 5.88 Å². The van der Waals surface area contributed by atoms with Crippen LogP contribution >= 0.6 is 0 Å². The summed E-state index contributed by atoms with van der Waals surface area (Å²) < 4.78 is 4.96. The number of oxime groups is 1. The van der Waals surface area contributed by atoms with Crippen LogP contribution in [0, 0.1) is 0 Å². The van der Waals surface area contributed by atoms with Gasteiger partial charge in [-0.05, 0) is 30.2 Å². The maximum Gasteiger partial charge on any atom is 0.384 e. The Bertz CT molecular complexity index is 1160. The molecule has 11 heteroatoms. The van der Waals surface area contributed by atoms with Crippen LogP contribution < -0.4 is 15.8 Å². The first-order valence-electron chi connectivity index (χ1n) is 9.71. The lowest BCUT2D eigenvalue weighted by Gasteiger charge is -2.29. The van der Waals surface area contributed by atoms with E-state index in [9.17, 15) is 19.2 Å². The molecule has 1 unspecified atom stereocenters. The van der Waals surface area contributed by atoms with Gasteiger partial charge in [-0.2, -0.15) is 0 Å². The van der Waals surface area contributed by atoms with Crippen LogP contribution in [0.4, 0.5) is 0 Å². The van der Waals surface area contributed by atoms with Gasteiger partial charge in [-0.15, -0.1) is 0 Å². The van der Waals surface area contributed by atoms with Gasteiger partial charge in [0.1, 0.15) is 6.04 Å². The van der Waals surface area contributed by atoms with Crippen molar-refractivity contribution in [2.45, 2.75) is 25.4 Å². The van der Waals surface area contributed by atoms with E-state index in [0.29, 0.717) is 16.7 Å². The Morgan fingerprint density at radius 1 is 1.25 bits per heavy atom. The Hall–Kier alpha value is -4.28. The van der Waals surface area contributed by atoms with E-state index < -0.39 is 17.9 Å². The van der Waals surface area contributed by atoms with Gasteiger partial charge in [0, 0.05) is 30.2 Å². The minimum absolute atomic E-state index is 0.000307. The summed E-state index contributed by atoms with van der Waals surface area (Å²) in [6.07, 6.45) is 0.448. The minimum Gasteiger partial charge on any atom is -0.481 e. The van der Waals surface area contributed by atoms with E-state index in [1.54, 1.807) is 30.3 Å². The number of ether oxygens (including phenoxy) is 1. The predicted molar refractivity (Wildman–Crippen MR) is 109 cm³/mol. The molecular formula is C21H19N5O6. The monoisotopic (exact) mass is 437 g/mol. The number of pyridine rings is 1. The van der Waals surface area contributed by atoms with Crippen molar-refractivity contribution in [1.29, 1.82) is 0 Å². The zero-order valence-electron chi connectivity index (χ0n) is 17.0. The summed E-state index contributed by atoms with van der Waals surface area (Å²) in [5, 5.41) is 5.92. The number of nitrogens with one attached hydrogen (secondary N) is 1. The first-order valence-corrected chi connectivity index (χ1v) is 9.71. The van der Waals surface area contributed by atoms with Crippen LogP contribution in [0.1, 0.15) is 44.8 Å². The topological polar surface area (TPSA) is 153 Å². The molecule has 3 N–H and O–H groups in total. The zero-order valence-corrected chi connectivity index (χ0v) is 17.0. The molecule has 2 aromatic rings. The highest BCUT2D eigenvalue weighted by Gasteiger charge is 2.39. The molecule has 0 saturated carbocycles. The molecule has 0 aliphatic carbocycles. The van der Waals surface area contributed by atoms with Gasteiger partial charge < -0.3 is 20.2 Å². The number of imide groups is 1. The van der Waals surface area contributed by atoms with Crippen LogP contribution in [0.2, 0.25) is 0 Å². The molecule has 2 aliphatic heterocycles. The number of hydrogen-bond donors (Lipinski definition) is 2. The number of amidine groups is 1. The molecule has 1 atom stereocenters. The van der Waals surface area contributed by atoms with Gasteiger partial charge in [0.2, 0.25) is 17.7 Å². The first-order chi connectivity index (χ1) is 15.4. The van der Waals surface area contributed by atoms with E-state index in [1.807, 2.05) is 0 Å². The number of fused-ring (bicyclic) bond motifs is 1. The first kappa shape index (κ1) is 21.0. The molecule has 2 aliphatic rings. The number of nitrogens with zero attached hydrogens (tertiary/aromatic N) is 3. The van der Waals surface area contributed by atoms with Crippen LogP contribution in [0.25, 0.3) is 0 Å². The Labute approximate surface area is 182 Å². The fraction of sp³-hybridized carbons (Fsp3) is 0.238. The van der Waals surface area contributed by atoms with Crippen molar-refractivity contribution in [2.75, 3.05) is 7.11 Å². The van der Waals surface area contributed by atoms with Crippen molar-refractivity contribution in [3.05, 3.63) is 58.8 Å². The predicted octanol–water partition coefficient (Wildman–Crippen LogP) is 0.329. The van der Waals surface area contributed by atoms with Gasteiger partial charge in [-0.25, -0.2) is 9.78 Å². The molecule has 1 aromatic heterocycles. The molecular weight excluding hydrogens is 418 g/mol. The Morgan fingerprint density at radius 3 is 2.81 bits per heavy atom. The highest BCUT2D eigenvalue weighted by Crippen LogP contribution is 2.28. The maximum absolute atomic E-state index is 12.7. The smallest absolute Gasteiger partial charge is 0.384 e. The fourth-order valence-corrected chi connectivity index (χ4v) is 3.57.